The number of aryl methyl sites for hydroxylation is 1. The highest BCUT2D eigenvalue weighted by molar-refractivity contribution is 6.32. The highest BCUT2D eigenvalue weighted by Crippen LogP contribution is 2.28. The predicted octanol–water partition coefficient (Wildman–Crippen LogP) is 3.99. The fourth-order valence-electron chi connectivity index (χ4n) is 3.25. The Bertz CT molecular complexity index is 1200. The molecule has 1 atom stereocenters. The molecule has 0 spiro atoms. The van der Waals surface area contributed by atoms with Crippen molar-refractivity contribution in [1.29, 1.82) is 0 Å². The van der Waals surface area contributed by atoms with Crippen LogP contribution in [0.4, 0.5) is 11.4 Å². The molecule has 0 fully saturated rings. The second-order valence-corrected chi connectivity index (χ2v) is 7.46. The fraction of sp³-hybridized carbons (Fsp3) is 0.227. The van der Waals surface area contributed by atoms with E-state index >= 15 is 0 Å². The number of aromatic nitrogens is 2. The van der Waals surface area contributed by atoms with E-state index in [1.807, 2.05) is 0 Å². The number of nitrogens with zero attached hydrogens (tertiary/aromatic N) is 3. The van der Waals surface area contributed by atoms with Crippen LogP contribution in [0.25, 0.3) is 0 Å². The molecule has 0 bridgehead atoms. The number of halogens is 1. The van der Waals surface area contributed by atoms with Gasteiger partial charge in [0.25, 0.3) is 5.91 Å². The molecule has 1 N–H and O–H groups in total. The highest BCUT2D eigenvalue weighted by atomic mass is 35.5. The molecular formula is C22H21ClN4O6. The minimum atomic E-state index is -1.27. The molecule has 1 heterocycles. The number of rotatable bonds is 8. The normalized spacial score (nSPS) is 11.5. The van der Waals surface area contributed by atoms with Gasteiger partial charge in [-0.3, -0.25) is 24.4 Å². The Kier molecular flexibility index (Phi) is 7.29. The summed E-state index contributed by atoms with van der Waals surface area (Å²) in [4.78, 5) is 36.3. The first kappa shape index (κ1) is 23.7. The number of esters is 1. The van der Waals surface area contributed by atoms with Crippen LogP contribution in [0.15, 0.2) is 48.5 Å². The number of carbonyl (C=O) groups is 2. The van der Waals surface area contributed by atoms with Crippen molar-refractivity contribution < 1.29 is 24.0 Å². The van der Waals surface area contributed by atoms with Crippen LogP contribution in [0.2, 0.25) is 5.02 Å². The molecule has 0 aliphatic rings. The topological polar surface area (TPSA) is 126 Å². The average molecular weight is 473 g/mol. The SMILES string of the molecule is COc1ccc(NC(=O)C(OC(=O)Cn2nc(C)c([N+](=O)[O-])c2C)c2ccccc2)cc1Cl. The minimum Gasteiger partial charge on any atom is -0.495 e. The molecule has 1 amide bonds. The number of nitrogens with one attached hydrogen (secondary N) is 1. The van der Waals surface area contributed by atoms with Gasteiger partial charge in [0.1, 0.15) is 23.7 Å². The van der Waals surface area contributed by atoms with E-state index in [4.69, 9.17) is 21.1 Å². The molecule has 3 aromatic rings. The van der Waals surface area contributed by atoms with E-state index in [1.165, 1.54) is 31.7 Å². The molecule has 3 rings (SSSR count). The third kappa shape index (κ3) is 5.47. The molecule has 10 nitrogen and oxygen atoms in total. The predicted molar refractivity (Wildman–Crippen MR) is 120 cm³/mol. The third-order valence-corrected chi connectivity index (χ3v) is 5.11. The van der Waals surface area contributed by atoms with Gasteiger partial charge in [0.2, 0.25) is 6.10 Å². The maximum Gasteiger partial charge on any atom is 0.328 e. The van der Waals surface area contributed by atoms with Crippen molar-refractivity contribution in [3.63, 3.8) is 0 Å². The number of methoxy groups -OCH3 is 1. The monoisotopic (exact) mass is 472 g/mol. The van der Waals surface area contributed by atoms with Crippen molar-refractivity contribution in [3.05, 3.63) is 80.6 Å². The lowest BCUT2D eigenvalue weighted by atomic mass is 10.1. The third-order valence-electron chi connectivity index (χ3n) is 4.81. The van der Waals surface area contributed by atoms with Gasteiger partial charge in [-0.25, -0.2) is 0 Å². The first-order chi connectivity index (χ1) is 15.7. The molecular weight excluding hydrogens is 452 g/mol. The first-order valence-electron chi connectivity index (χ1n) is 9.78. The first-order valence-corrected chi connectivity index (χ1v) is 10.2. The van der Waals surface area contributed by atoms with Crippen molar-refractivity contribution in [2.24, 2.45) is 0 Å². The lowest BCUT2D eigenvalue weighted by molar-refractivity contribution is -0.386. The Morgan fingerprint density at radius 3 is 2.48 bits per heavy atom. The van der Waals surface area contributed by atoms with E-state index in [1.54, 1.807) is 42.5 Å². The standard InChI is InChI=1S/C22H21ClN4O6/c1-13-20(27(30)31)14(2)26(25-13)12-19(28)33-21(15-7-5-4-6-8-15)22(29)24-16-9-10-18(32-3)17(23)11-16/h4-11,21H,12H2,1-3H3,(H,24,29). The summed E-state index contributed by atoms with van der Waals surface area (Å²) in [7, 11) is 1.47. The molecule has 0 aliphatic heterocycles. The zero-order chi connectivity index (χ0) is 24.1. The van der Waals surface area contributed by atoms with Crippen molar-refractivity contribution in [1.82, 2.24) is 9.78 Å². The summed E-state index contributed by atoms with van der Waals surface area (Å²) in [5.74, 6) is -0.943. The van der Waals surface area contributed by atoms with E-state index in [0.29, 0.717) is 22.0 Å². The van der Waals surface area contributed by atoms with Crippen LogP contribution in [0.1, 0.15) is 23.1 Å². The summed E-state index contributed by atoms with van der Waals surface area (Å²) in [6.45, 7) is 2.57. The van der Waals surface area contributed by atoms with Crippen molar-refractivity contribution >= 4 is 34.9 Å². The second kappa shape index (κ2) is 10.1. The van der Waals surface area contributed by atoms with Crippen LogP contribution in [0, 0.1) is 24.0 Å². The molecule has 172 valence electrons. The number of benzene rings is 2. The van der Waals surface area contributed by atoms with Crippen LogP contribution in [0.5, 0.6) is 5.75 Å². The lowest BCUT2D eigenvalue weighted by Gasteiger charge is -2.18. The zero-order valence-electron chi connectivity index (χ0n) is 18.1. The van der Waals surface area contributed by atoms with Gasteiger partial charge in [0, 0.05) is 11.3 Å². The Hall–Kier alpha value is -3.92. The van der Waals surface area contributed by atoms with E-state index in [-0.39, 0.29) is 17.1 Å². The van der Waals surface area contributed by atoms with E-state index in [2.05, 4.69) is 10.4 Å². The number of anilines is 1. The van der Waals surface area contributed by atoms with Gasteiger partial charge in [-0.1, -0.05) is 41.9 Å². The number of hydrogen-bond donors (Lipinski definition) is 1. The molecule has 33 heavy (non-hydrogen) atoms. The summed E-state index contributed by atoms with van der Waals surface area (Å²) >= 11 is 6.12. The summed E-state index contributed by atoms with van der Waals surface area (Å²) < 4.78 is 11.8. The number of hydrogen-bond acceptors (Lipinski definition) is 7. The van der Waals surface area contributed by atoms with E-state index in [0.717, 1.165) is 0 Å². The number of amides is 1. The molecule has 1 aromatic heterocycles. The van der Waals surface area contributed by atoms with Gasteiger partial charge < -0.3 is 14.8 Å². The van der Waals surface area contributed by atoms with Crippen LogP contribution in [0.3, 0.4) is 0 Å². The van der Waals surface area contributed by atoms with Gasteiger partial charge in [-0.2, -0.15) is 5.10 Å². The molecule has 0 radical (unpaired) electrons. The van der Waals surface area contributed by atoms with Gasteiger partial charge >= 0.3 is 11.7 Å². The van der Waals surface area contributed by atoms with Gasteiger partial charge in [-0.05, 0) is 32.0 Å². The Balaban J connectivity index is 1.81. The molecule has 2 aromatic carbocycles. The van der Waals surface area contributed by atoms with Crippen LogP contribution < -0.4 is 10.1 Å². The summed E-state index contributed by atoms with van der Waals surface area (Å²) in [6, 6.07) is 13.2. The number of nitro groups is 1. The lowest BCUT2D eigenvalue weighted by Crippen LogP contribution is -2.27. The van der Waals surface area contributed by atoms with Crippen molar-refractivity contribution in [3.8, 4) is 5.75 Å². The van der Waals surface area contributed by atoms with E-state index in [9.17, 15) is 19.7 Å². The molecule has 0 aliphatic carbocycles. The average Bonchev–Trinajstić information content (AvgIpc) is 3.05. The van der Waals surface area contributed by atoms with E-state index < -0.39 is 29.4 Å². The highest BCUT2D eigenvalue weighted by Gasteiger charge is 2.28. The minimum absolute atomic E-state index is 0.170. The smallest absolute Gasteiger partial charge is 0.328 e. The molecule has 11 heteroatoms. The summed E-state index contributed by atoms with van der Waals surface area (Å²) in [6.07, 6.45) is -1.27. The Labute approximate surface area is 194 Å². The molecule has 0 saturated heterocycles. The quantitative estimate of drug-likeness (QED) is 0.298. The number of ether oxygens (including phenoxy) is 2. The second-order valence-electron chi connectivity index (χ2n) is 7.05. The van der Waals surface area contributed by atoms with Gasteiger partial charge in [0.05, 0.1) is 17.1 Å². The van der Waals surface area contributed by atoms with Crippen molar-refractivity contribution in [2.75, 3.05) is 12.4 Å². The Morgan fingerprint density at radius 1 is 1.21 bits per heavy atom. The van der Waals surface area contributed by atoms with Gasteiger partial charge in [0.15, 0.2) is 0 Å². The van der Waals surface area contributed by atoms with Crippen LogP contribution in [-0.4, -0.2) is 33.7 Å². The van der Waals surface area contributed by atoms with Crippen LogP contribution >= 0.6 is 11.6 Å². The fourth-order valence-corrected chi connectivity index (χ4v) is 3.51. The largest absolute Gasteiger partial charge is 0.495 e. The summed E-state index contributed by atoms with van der Waals surface area (Å²) in [5, 5.41) is 18.2. The zero-order valence-corrected chi connectivity index (χ0v) is 18.8. The number of carbonyl (C=O) groups excluding carboxylic acids is 2. The van der Waals surface area contributed by atoms with Gasteiger partial charge in [-0.15, -0.1) is 0 Å². The maximum absolute atomic E-state index is 13.0. The molecule has 1 unspecified atom stereocenters. The summed E-state index contributed by atoms with van der Waals surface area (Å²) in [5.41, 5.74) is 1.05. The molecule has 0 saturated carbocycles. The Morgan fingerprint density at radius 2 is 1.91 bits per heavy atom. The van der Waals surface area contributed by atoms with Crippen molar-refractivity contribution in [2.45, 2.75) is 26.5 Å². The van der Waals surface area contributed by atoms with Crippen LogP contribution in [-0.2, 0) is 20.9 Å². The maximum atomic E-state index is 13.0.